The molecule has 0 aromatic heterocycles. The fraction of sp³-hybridized carbons (Fsp3) is 0.588. The third-order valence-corrected chi connectivity index (χ3v) is 6.99. The van der Waals surface area contributed by atoms with E-state index in [1.165, 1.54) is 16.1 Å². The van der Waals surface area contributed by atoms with Gasteiger partial charge in [0.05, 0.1) is 12.2 Å². The number of fused-ring (bicyclic) bond motifs is 2. The number of carboxylic acid groups (broad SMARTS) is 1. The van der Waals surface area contributed by atoms with E-state index in [4.69, 9.17) is 0 Å². The quantitative estimate of drug-likeness (QED) is 0.917. The lowest BCUT2D eigenvalue weighted by molar-refractivity contribution is -0.142. The summed E-state index contributed by atoms with van der Waals surface area (Å²) in [5.74, 6) is -1.19. The van der Waals surface area contributed by atoms with Crippen LogP contribution in [0, 0.1) is 5.92 Å². The summed E-state index contributed by atoms with van der Waals surface area (Å²) < 4.78 is 25.0. The molecule has 126 valence electrons. The Labute approximate surface area is 137 Å². The van der Waals surface area contributed by atoms with E-state index in [9.17, 15) is 18.3 Å². The molecule has 3 rings (SSSR count). The first-order valence-electron chi connectivity index (χ1n) is 8.02. The van der Waals surface area contributed by atoms with Crippen molar-refractivity contribution >= 4 is 16.0 Å². The maximum atomic E-state index is 11.7. The largest absolute Gasteiger partial charge is 0.481 e. The average molecular weight is 337 g/mol. The van der Waals surface area contributed by atoms with Crippen molar-refractivity contribution < 1.29 is 18.3 Å². The molecule has 1 saturated heterocycles. The van der Waals surface area contributed by atoms with Gasteiger partial charge in [0, 0.05) is 13.1 Å². The van der Waals surface area contributed by atoms with Gasteiger partial charge in [-0.1, -0.05) is 31.2 Å². The van der Waals surface area contributed by atoms with Crippen LogP contribution in [0.5, 0.6) is 0 Å². The minimum Gasteiger partial charge on any atom is -0.481 e. The lowest BCUT2D eigenvalue weighted by Gasteiger charge is -2.39. The monoisotopic (exact) mass is 337 g/mol. The van der Waals surface area contributed by atoms with Gasteiger partial charge in [0.25, 0.3) is 0 Å². The van der Waals surface area contributed by atoms with Crippen molar-refractivity contribution in [3.63, 3.8) is 0 Å². The van der Waals surface area contributed by atoms with E-state index in [1.54, 1.807) is 6.92 Å². The van der Waals surface area contributed by atoms with Crippen molar-refractivity contribution in [1.82, 2.24) is 4.31 Å². The van der Waals surface area contributed by atoms with Crippen LogP contribution < -0.4 is 0 Å². The number of benzene rings is 1. The van der Waals surface area contributed by atoms with Crippen molar-refractivity contribution in [1.29, 1.82) is 0 Å². The molecule has 1 spiro atoms. The minimum atomic E-state index is -3.15. The van der Waals surface area contributed by atoms with E-state index in [-0.39, 0.29) is 11.3 Å². The van der Waals surface area contributed by atoms with Crippen molar-refractivity contribution in [2.24, 2.45) is 5.92 Å². The first-order chi connectivity index (χ1) is 10.7. The van der Waals surface area contributed by atoms with Gasteiger partial charge >= 0.3 is 5.97 Å². The van der Waals surface area contributed by atoms with Crippen molar-refractivity contribution in [3.8, 4) is 0 Å². The fourth-order valence-electron chi connectivity index (χ4n) is 4.28. The number of hydrogen-bond donors (Lipinski definition) is 1. The Kier molecular flexibility index (Phi) is 4.01. The Balaban J connectivity index is 1.92. The van der Waals surface area contributed by atoms with Gasteiger partial charge in [0.15, 0.2) is 0 Å². The van der Waals surface area contributed by atoms with Gasteiger partial charge in [-0.15, -0.1) is 0 Å². The molecule has 0 bridgehead atoms. The molecule has 2 unspecified atom stereocenters. The third-order valence-electron chi connectivity index (χ3n) is 5.68. The summed E-state index contributed by atoms with van der Waals surface area (Å²) in [5.41, 5.74) is 2.29. The second kappa shape index (κ2) is 5.60. The zero-order valence-electron chi connectivity index (χ0n) is 13.5. The van der Waals surface area contributed by atoms with Gasteiger partial charge in [-0.25, -0.2) is 12.7 Å². The smallest absolute Gasteiger partial charge is 0.306 e. The molecule has 1 aromatic carbocycles. The molecule has 0 amide bonds. The van der Waals surface area contributed by atoms with Gasteiger partial charge in [-0.05, 0) is 41.7 Å². The molecule has 1 N–H and O–H groups in total. The summed E-state index contributed by atoms with van der Waals surface area (Å²) in [6.45, 7) is 2.80. The molecular formula is C17H23NO4S. The molecule has 1 fully saturated rings. The molecule has 1 aromatic rings. The molecule has 0 radical (unpaired) electrons. The molecule has 23 heavy (non-hydrogen) atoms. The number of carbonyl (C=O) groups is 1. The van der Waals surface area contributed by atoms with Crippen molar-refractivity contribution in [2.45, 2.75) is 37.5 Å². The third kappa shape index (κ3) is 2.78. The van der Waals surface area contributed by atoms with E-state index < -0.39 is 21.9 Å². The summed E-state index contributed by atoms with van der Waals surface area (Å²) in [6, 6.07) is 8.10. The van der Waals surface area contributed by atoms with E-state index in [2.05, 4.69) is 6.07 Å². The molecule has 1 heterocycles. The van der Waals surface area contributed by atoms with Crippen LogP contribution in [-0.2, 0) is 20.2 Å². The Morgan fingerprint density at radius 3 is 2.48 bits per heavy atom. The fourth-order valence-corrected chi connectivity index (χ4v) is 5.13. The second-order valence-electron chi connectivity index (χ2n) is 6.97. The number of carboxylic acids is 1. The van der Waals surface area contributed by atoms with Crippen LogP contribution in [-0.4, -0.2) is 43.1 Å². The van der Waals surface area contributed by atoms with Crippen LogP contribution in [0.2, 0.25) is 0 Å². The summed E-state index contributed by atoms with van der Waals surface area (Å²) in [4.78, 5) is 11.5. The molecule has 5 nitrogen and oxygen atoms in total. The van der Waals surface area contributed by atoms with Crippen LogP contribution in [0.1, 0.15) is 43.2 Å². The SMILES string of the molecule is CC(C(=O)O)C1CC2(CCN(S(C)(=O)=O)CC2)c2ccccc21. The first kappa shape index (κ1) is 16.5. The molecule has 1 aliphatic heterocycles. The van der Waals surface area contributed by atoms with Gasteiger partial charge in [0.1, 0.15) is 0 Å². The highest BCUT2D eigenvalue weighted by Crippen LogP contribution is 2.53. The number of piperidine rings is 1. The molecule has 0 saturated carbocycles. The van der Waals surface area contributed by atoms with Gasteiger partial charge in [-0.2, -0.15) is 0 Å². The van der Waals surface area contributed by atoms with E-state index in [0.29, 0.717) is 13.1 Å². The maximum absolute atomic E-state index is 11.7. The first-order valence-corrected chi connectivity index (χ1v) is 9.87. The lowest BCUT2D eigenvalue weighted by Crippen LogP contribution is -2.44. The number of rotatable bonds is 3. The highest BCUT2D eigenvalue weighted by atomic mass is 32.2. The Hall–Kier alpha value is -1.40. The summed E-state index contributed by atoms with van der Waals surface area (Å²) in [5, 5.41) is 9.42. The van der Waals surface area contributed by atoms with Crippen LogP contribution in [0.3, 0.4) is 0 Å². The van der Waals surface area contributed by atoms with Gasteiger partial charge in [-0.3, -0.25) is 4.79 Å². The second-order valence-corrected chi connectivity index (χ2v) is 8.95. The van der Waals surface area contributed by atoms with Gasteiger partial charge in [0.2, 0.25) is 10.0 Å². The van der Waals surface area contributed by atoms with Crippen molar-refractivity contribution in [3.05, 3.63) is 35.4 Å². The van der Waals surface area contributed by atoms with Crippen LogP contribution in [0.25, 0.3) is 0 Å². The normalized spacial score (nSPS) is 25.2. The summed E-state index contributed by atoms with van der Waals surface area (Å²) in [7, 11) is -3.15. The topological polar surface area (TPSA) is 74.7 Å². The molecule has 2 atom stereocenters. The minimum absolute atomic E-state index is 0.00786. The Morgan fingerprint density at radius 1 is 1.30 bits per heavy atom. The van der Waals surface area contributed by atoms with Gasteiger partial charge < -0.3 is 5.11 Å². The number of aliphatic carboxylic acids is 1. The van der Waals surface area contributed by atoms with Crippen molar-refractivity contribution in [2.75, 3.05) is 19.3 Å². The number of hydrogen-bond acceptors (Lipinski definition) is 3. The zero-order chi connectivity index (χ0) is 16.8. The zero-order valence-corrected chi connectivity index (χ0v) is 14.3. The highest BCUT2D eigenvalue weighted by molar-refractivity contribution is 7.88. The molecule has 2 aliphatic rings. The standard InChI is InChI=1S/C17H23NO4S/c1-12(16(19)20)14-11-17(15-6-4-3-5-13(14)15)7-9-18(10-8-17)23(2,21)22/h3-6,12,14H,7-11H2,1-2H3,(H,19,20). The van der Waals surface area contributed by atoms with E-state index in [1.807, 2.05) is 18.2 Å². The van der Waals surface area contributed by atoms with Crippen LogP contribution in [0.4, 0.5) is 0 Å². The maximum Gasteiger partial charge on any atom is 0.306 e. The molecule has 1 aliphatic carbocycles. The predicted octanol–water partition coefficient (Wildman–Crippen LogP) is 2.19. The number of nitrogens with zero attached hydrogens (tertiary/aromatic N) is 1. The number of sulfonamides is 1. The summed E-state index contributed by atoms with van der Waals surface area (Å²) >= 11 is 0. The lowest BCUT2D eigenvalue weighted by atomic mass is 9.73. The average Bonchev–Trinajstić information content (AvgIpc) is 2.81. The van der Waals surface area contributed by atoms with E-state index in [0.717, 1.165) is 24.8 Å². The molecule has 6 heteroatoms. The highest BCUT2D eigenvalue weighted by Gasteiger charge is 2.48. The Morgan fingerprint density at radius 2 is 1.91 bits per heavy atom. The predicted molar refractivity (Wildman–Crippen MR) is 87.9 cm³/mol. The van der Waals surface area contributed by atoms with Crippen LogP contribution >= 0.6 is 0 Å². The Bertz CT molecular complexity index is 720. The van der Waals surface area contributed by atoms with E-state index >= 15 is 0 Å². The van der Waals surface area contributed by atoms with Crippen LogP contribution in [0.15, 0.2) is 24.3 Å². The molecular weight excluding hydrogens is 314 g/mol. The summed E-state index contributed by atoms with van der Waals surface area (Å²) in [6.07, 6.45) is 3.58.